The summed E-state index contributed by atoms with van der Waals surface area (Å²) in [6.45, 7) is 2.97. The summed E-state index contributed by atoms with van der Waals surface area (Å²) in [5.74, 6) is -0.495. The number of thiazole rings is 1. The number of aromatic amines is 1. The summed E-state index contributed by atoms with van der Waals surface area (Å²) in [4.78, 5) is 42.2. The molecule has 0 bridgehead atoms. The minimum Gasteiger partial charge on any atom is -0.456 e. The van der Waals surface area contributed by atoms with Crippen molar-refractivity contribution in [1.82, 2.24) is 15.2 Å². The maximum absolute atomic E-state index is 12.7. The third-order valence-electron chi connectivity index (χ3n) is 6.66. The summed E-state index contributed by atoms with van der Waals surface area (Å²) in [5.41, 5.74) is 0.897. The van der Waals surface area contributed by atoms with Crippen molar-refractivity contribution in [2.75, 3.05) is 11.9 Å². The maximum Gasteiger partial charge on any atom is 0.306 e. The number of hydrogen-bond acceptors (Lipinski definition) is 8. The van der Waals surface area contributed by atoms with Crippen molar-refractivity contribution in [3.63, 3.8) is 0 Å². The van der Waals surface area contributed by atoms with E-state index in [4.69, 9.17) is 14.1 Å². The number of nitrogens with one attached hydrogen (secondary N) is 2. The first-order chi connectivity index (χ1) is 16.8. The van der Waals surface area contributed by atoms with Crippen LogP contribution in [0.3, 0.4) is 0 Å². The van der Waals surface area contributed by atoms with E-state index in [-0.39, 0.29) is 23.1 Å². The van der Waals surface area contributed by atoms with Gasteiger partial charge in [0.15, 0.2) is 6.61 Å². The first-order valence-corrected chi connectivity index (χ1v) is 12.4. The third kappa shape index (κ3) is 4.70. The molecule has 35 heavy (non-hydrogen) atoms. The molecule has 1 aromatic carbocycles. The standard InChI is InChI=1S/C25H26N4O5S/c1-14-21-15(2)34-24(22(21)23(32)29-28-14)27-18(30)13-33-20(31)12-25(9-5-6-10-25)11-19-26-16-7-3-4-8-17(16)35-19/h3-4,7-8H,5-6,9-13H2,1-2H3,(H,27,30)(H,29,32). The van der Waals surface area contributed by atoms with Crippen LogP contribution in [0, 0.1) is 19.3 Å². The number of para-hydroxylation sites is 1. The van der Waals surface area contributed by atoms with Crippen molar-refractivity contribution in [2.45, 2.75) is 52.4 Å². The van der Waals surface area contributed by atoms with Crippen LogP contribution in [0.1, 0.15) is 48.6 Å². The monoisotopic (exact) mass is 494 g/mol. The Morgan fingerprint density at radius 2 is 1.97 bits per heavy atom. The summed E-state index contributed by atoms with van der Waals surface area (Å²) in [6, 6.07) is 8.03. The van der Waals surface area contributed by atoms with Gasteiger partial charge in [-0.3, -0.25) is 19.7 Å². The average molecular weight is 495 g/mol. The molecule has 0 aliphatic heterocycles. The molecule has 3 aromatic heterocycles. The Kier molecular flexibility index (Phi) is 6.14. The quantitative estimate of drug-likeness (QED) is 0.364. The van der Waals surface area contributed by atoms with Crippen molar-refractivity contribution < 1.29 is 18.7 Å². The van der Waals surface area contributed by atoms with Crippen LogP contribution in [0.5, 0.6) is 0 Å². The zero-order valence-electron chi connectivity index (χ0n) is 19.6. The molecule has 1 fully saturated rings. The molecule has 0 radical (unpaired) electrons. The highest BCUT2D eigenvalue weighted by Gasteiger charge is 2.37. The van der Waals surface area contributed by atoms with E-state index in [1.807, 2.05) is 18.2 Å². The molecule has 0 saturated heterocycles. The van der Waals surface area contributed by atoms with Gasteiger partial charge in [-0.15, -0.1) is 11.3 Å². The zero-order chi connectivity index (χ0) is 24.6. The van der Waals surface area contributed by atoms with Crippen LogP contribution < -0.4 is 10.9 Å². The molecule has 5 rings (SSSR count). The van der Waals surface area contributed by atoms with Gasteiger partial charge in [0.05, 0.1) is 32.7 Å². The number of fused-ring (bicyclic) bond motifs is 2. The van der Waals surface area contributed by atoms with Crippen LogP contribution in [0.25, 0.3) is 21.0 Å². The van der Waals surface area contributed by atoms with Crippen LogP contribution in [-0.2, 0) is 20.7 Å². The number of rotatable bonds is 7. The first kappa shape index (κ1) is 23.2. The highest BCUT2D eigenvalue weighted by Crippen LogP contribution is 2.45. The third-order valence-corrected chi connectivity index (χ3v) is 7.70. The molecule has 1 amide bonds. The lowest BCUT2D eigenvalue weighted by Crippen LogP contribution is -2.27. The Labute approximate surface area is 204 Å². The maximum atomic E-state index is 12.7. The van der Waals surface area contributed by atoms with Crippen LogP contribution in [0.2, 0.25) is 0 Å². The van der Waals surface area contributed by atoms with Gasteiger partial charge in [0, 0.05) is 6.42 Å². The molecule has 0 spiro atoms. The lowest BCUT2D eigenvalue weighted by Gasteiger charge is -2.26. The van der Waals surface area contributed by atoms with Crippen molar-refractivity contribution in [3.05, 3.63) is 51.1 Å². The molecule has 1 saturated carbocycles. The van der Waals surface area contributed by atoms with Crippen molar-refractivity contribution in [3.8, 4) is 0 Å². The minimum atomic E-state index is -0.575. The summed E-state index contributed by atoms with van der Waals surface area (Å²) in [7, 11) is 0. The van der Waals surface area contributed by atoms with Crippen LogP contribution in [-0.4, -0.2) is 33.7 Å². The summed E-state index contributed by atoms with van der Waals surface area (Å²) in [6.07, 6.45) is 4.94. The molecule has 0 atom stereocenters. The van der Waals surface area contributed by atoms with E-state index in [0.29, 0.717) is 16.8 Å². The Morgan fingerprint density at radius 3 is 2.74 bits per heavy atom. The second kappa shape index (κ2) is 9.26. The largest absolute Gasteiger partial charge is 0.456 e. The predicted molar refractivity (Wildman–Crippen MR) is 133 cm³/mol. The lowest BCUT2D eigenvalue weighted by atomic mass is 9.80. The molecule has 1 aliphatic rings. The number of benzene rings is 1. The lowest BCUT2D eigenvalue weighted by molar-refractivity contribution is -0.149. The number of H-pyrrole nitrogens is 1. The number of esters is 1. The van der Waals surface area contributed by atoms with Crippen molar-refractivity contribution >= 4 is 50.1 Å². The SMILES string of the molecule is Cc1n[nH]c(=O)c2c(NC(=O)COC(=O)CC3(Cc4nc5ccccc5s4)CCCC3)oc(C)c12. The Bertz CT molecular complexity index is 1450. The fourth-order valence-corrected chi connectivity index (χ4v) is 6.20. The van der Waals surface area contributed by atoms with Gasteiger partial charge in [-0.2, -0.15) is 5.10 Å². The molecular weight excluding hydrogens is 468 g/mol. The molecule has 182 valence electrons. The molecule has 2 N–H and O–H groups in total. The molecule has 0 unspecified atom stereocenters. The number of hydrogen-bond donors (Lipinski definition) is 2. The van der Waals surface area contributed by atoms with E-state index < -0.39 is 24.0 Å². The van der Waals surface area contributed by atoms with Gasteiger partial charge in [-0.1, -0.05) is 25.0 Å². The molecule has 3 heterocycles. The number of amides is 1. The van der Waals surface area contributed by atoms with Gasteiger partial charge in [-0.05, 0) is 44.2 Å². The summed E-state index contributed by atoms with van der Waals surface area (Å²) < 4.78 is 12.0. The highest BCUT2D eigenvalue weighted by atomic mass is 32.1. The van der Waals surface area contributed by atoms with Gasteiger partial charge in [0.2, 0.25) is 5.88 Å². The van der Waals surface area contributed by atoms with Gasteiger partial charge < -0.3 is 9.15 Å². The Hall–Kier alpha value is -3.53. The van der Waals surface area contributed by atoms with Gasteiger partial charge in [-0.25, -0.2) is 10.1 Å². The van der Waals surface area contributed by atoms with E-state index in [1.165, 1.54) is 0 Å². The van der Waals surface area contributed by atoms with Crippen molar-refractivity contribution in [1.29, 1.82) is 0 Å². The van der Waals surface area contributed by atoms with E-state index >= 15 is 0 Å². The van der Waals surface area contributed by atoms with E-state index in [9.17, 15) is 14.4 Å². The van der Waals surface area contributed by atoms with Gasteiger partial charge in [0.25, 0.3) is 11.5 Å². The molecule has 4 aromatic rings. The molecular formula is C25H26N4O5S. The van der Waals surface area contributed by atoms with Crippen LogP contribution in [0.15, 0.2) is 33.5 Å². The van der Waals surface area contributed by atoms with E-state index in [2.05, 4.69) is 21.6 Å². The van der Waals surface area contributed by atoms with Crippen LogP contribution in [0.4, 0.5) is 5.88 Å². The number of furan rings is 1. The van der Waals surface area contributed by atoms with E-state index in [0.717, 1.165) is 47.3 Å². The molecule has 10 heteroatoms. The number of carbonyl (C=O) groups is 2. The molecule has 9 nitrogen and oxygen atoms in total. The Balaban J connectivity index is 1.22. The Morgan fingerprint density at radius 1 is 1.20 bits per heavy atom. The van der Waals surface area contributed by atoms with Gasteiger partial charge in [0.1, 0.15) is 11.1 Å². The number of nitrogens with zero attached hydrogens (tertiary/aromatic N) is 2. The smallest absolute Gasteiger partial charge is 0.306 e. The number of aromatic nitrogens is 3. The second-order valence-electron chi connectivity index (χ2n) is 9.22. The topological polar surface area (TPSA) is 127 Å². The average Bonchev–Trinajstić information content (AvgIpc) is 3.52. The molecule has 1 aliphatic carbocycles. The number of anilines is 1. The van der Waals surface area contributed by atoms with Crippen LogP contribution >= 0.6 is 11.3 Å². The minimum absolute atomic E-state index is 0.0217. The number of aryl methyl sites for hydroxylation is 2. The normalized spacial score (nSPS) is 15.0. The van der Waals surface area contributed by atoms with Gasteiger partial charge >= 0.3 is 5.97 Å². The number of carbonyl (C=O) groups excluding carboxylic acids is 2. The zero-order valence-corrected chi connectivity index (χ0v) is 20.4. The number of ether oxygens (including phenoxy) is 1. The highest BCUT2D eigenvalue weighted by molar-refractivity contribution is 7.18. The predicted octanol–water partition coefficient (Wildman–Crippen LogP) is 4.42. The summed E-state index contributed by atoms with van der Waals surface area (Å²) in [5, 5.41) is 10.7. The van der Waals surface area contributed by atoms with Crippen molar-refractivity contribution in [2.24, 2.45) is 5.41 Å². The summed E-state index contributed by atoms with van der Waals surface area (Å²) >= 11 is 1.66. The second-order valence-corrected chi connectivity index (χ2v) is 10.3. The van der Waals surface area contributed by atoms with E-state index in [1.54, 1.807) is 25.2 Å². The first-order valence-electron chi connectivity index (χ1n) is 11.6. The fraction of sp³-hybridized carbons (Fsp3) is 0.400. The fourth-order valence-electron chi connectivity index (χ4n) is 5.05.